The van der Waals surface area contributed by atoms with Crippen LogP contribution in [0.2, 0.25) is 19.6 Å². The van der Waals surface area contributed by atoms with Crippen LogP contribution in [-0.2, 0) is 24.5 Å². The van der Waals surface area contributed by atoms with Crippen molar-refractivity contribution in [3.05, 3.63) is 0 Å². The van der Waals surface area contributed by atoms with Gasteiger partial charge in [-0.2, -0.15) is 0 Å². The van der Waals surface area contributed by atoms with Crippen LogP contribution in [0.3, 0.4) is 0 Å². The van der Waals surface area contributed by atoms with E-state index < -0.39 is 26.5 Å². The first-order valence-corrected chi connectivity index (χ1v) is 10.6. The maximum atomic E-state index is 9.41. The van der Waals surface area contributed by atoms with Crippen molar-refractivity contribution in [1.29, 1.82) is 0 Å². The fraction of sp³-hybridized carbons (Fsp3) is 1.00. The summed E-state index contributed by atoms with van der Waals surface area (Å²) < 4.78 is 29.0. The molecule has 0 unspecified atom stereocenters. The maximum absolute atomic E-state index is 9.41. The van der Waals surface area contributed by atoms with Crippen molar-refractivity contribution in [2.24, 2.45) is 0 Å². The molecule has 0 aromatic rings. The molecule has 80 valence electrons. The molecule has 0 saturated heterocycles. The molecule has 0 aliphatic carbocycles. The zero-order valence-electron chi connectivity index (χ0n) is 8.83. The molecule has 0 bridgehead atoms. The van der Waals surface area contributed by atoms with Crippen molar-refractivity contribution >= 4 is 8.32 Å². The monoisotopic (exact) mass is 244 g/mol. The van der Waals surface area contributed by atoms with Crippen molar-refractivity contribution < 1.29 is 31.8 Å². The van der Waals surface area contributed by atoms with Crippen molar-refractivity contribution in [1.82, 2.24) is 0 Å². The molecule has 0 atom stereocenters. The Kier molecular flexibility index (Phi) is 5.94. The second-order valence-electron chi connectivity index (χ2n) is 3.96. The quantitative estimate of drug-likeness (QED) is 0.548. The van der Waals surface area contributed by atoms with Crippen molar-refractivity contribution in [2.45, 2.75) is 39.4 Å². The molecule has 0 fully saturated rings. The van der Waals surface area contributed by atoms with Gasteiger partial charge in [0.15, 0.2) is 0 Å². The molecular weight excluding hydrogens is 224 g/mol. The Bertz CT molecular complexity index is 146. The van der Waals surface area contributed by atoms with Crippen LogP contribution < -0.4 is 0 Å². The molecule has 0 amide bonds. The summed E-state index contributed by atoms with van der Waals surface area (Å²) in [6, 6.07) is 0. The third kappa shape index (κ3) is 9.08. The molecule has 0 aromatic heterocycles. The van der Waals surface area contributed by atoms with E-state index in [1.807, 2.05) is 26.6 Å². The van der Waals surface area contributed by atoms with Crippen molar-refractivity contribution in [3.63, 3.8) is 0 Å². The van der Waals surface area contributed by atoms with Gasteiger partial charge in [0.05, 0.1) is 0 Å². The first kappa shape index (κ1) is 13.8. The summed E-state index contributed by atoms with van der Waals surface area (Å²) in [7, 11) is -1.89. The summed E-state index contributed by atoms with van der Waals surface area (Å²) >= 11 is -4.31. The van der Waals surface area contributed by atoms with E-state index in [0.717, 1.165) is 12.8 Å². The van der Waals surface area contributed by atoms with E-state index in [9.17, 15) is 7.38 Å². The van der Waals surface area contributed by atoms with E-state index in [2.05, 4.69) is 0 Å². The van der Waals surface area contributed by atoms with Gasteiger partial charge in [0.25, 0.3) is 0 Å². The average molecular weight is 244 g/mol. The van der Waals surface area contributed by atoms with Crippen LogP contribution in [0, 0.1) is 0 Å². The number of hydrogen-bond acceptors (Lipinski definition) is 4. The normalized spacial score (nSPS) is 13.4. The zero-order chi connectivity index (χ0) is 10.5. The van der Waals surface area contributed by atoms with Crippen LogP contribution in [0.1, 0.15) is 19.8 Å². The molecular formula is C7H20O4SiTi. The zero-order valence-corrected chi connectivity index (χ0v) is 11.4. The summed E-state index contributed by atoms with van der Waals surface area (Å²) in [5.74, 6) is 0. The summed E-state index contributed by atoms with van der Waals surface area (Å²) in [5, 5.41) is 0. The Balaban J connectivity index is 3.80. The van der Waals surface area contributed by atoms with E-state index in [0.29, 0.717) is 6.61 Å². The predicted molar refractivity (Wildman–Crippen MR) is 49.7 cm³/mol. The van der Waals surface area contributed by atoms with Gasteiger partial charge < -0.3 is 0 Å². The van der Waals surface area contributed by atoms with Gasteiger partial charge in [0.1, 0.15) is 0 Å². The summed E-state index contributed by atoms with van der Waals surface area (Å²) in [6.45, 7) is 8.12. The Labute approximate surface area is 86.3 Å². The molecule has 0 radical (unpaired) electrons. The van der Waals surface area contributed by atoms with Crippen molar-refractivity contribution in [3.8, 4) is 0 Å². The molecule has 0 aromatic carbocycles. The van der Waals surface area contributed by atoms with Crippen LogP contribution in [-0.4, -0.2) is 22.3 Å². The van der Waals surface area contributed by atoms with Crippen LogP contribution >= 0.6 is 0 Å². The third-order valence-electron chi connectivity index (χ3n) is 1.23. The summed E-state index contributed by atoms with van der Waals surface area (Å²) in [6.07, 6.45) is 1.81. The fourth-order valence-corrected chi connectivity index (χ4v) is 6.29. The second kappa shape index (κ2) is 5.60. The average Bonchev–Trinajstić information content (AvgIpc) is 1.81. The van der Waals surface area contributed by atoms with Gasteiger partial charge in [-0.05, 0) is 0 Å². The Morgan fingerprint density at radius 3 is 2.15 bits per heavy atom. The topological polar surface area (TPSA) is 58.9 Å². The van der Waals surface area contributed by atoms with Gasteiger partial charge in [-0.15, -0.1) is 0 Å². The number of unbranched alkanes of at least 4 members (excludes halogenated alkanes) is 1. The van der Waals surface area contributed by atoms with Crippen LogP contribution in [0.4, 0.5) is 0 Å². The minimum atomic E-state index is -4.31. The number of hydrogen-bond donors (Lipinski definition) is 2. The molecule has 0 aliphatic heterocycles. The molecule has 13 heavy (non-hydrogen) atoms. The van der Waals surface area contributed by atoms with E-state index in [1.165, 1.54) is 0 Å². The fourth-order valence-electron chi connectivity index (χ4n) is 0.778. The Morgan fingerprint density at radius 1 is 1.23 bits per heavy atom. The van der Waals surface area contributed by atoms with Gasteiger partial charge >= 0.3 is 86.2 Å². The standard InChI is InChI=1S/C4H9O.C3H9OSi.2H2O.Ti/c1-2-3-4-5;1-5(2,3)4;;;/h2-4H2,1H3;1-3H3;2*1H2;/q2*-1;;;+4/p-2. The van der Waals surface area contributed by atoms with Crippen LogP contribution in [0.25, 0.3) is 0 Å². The summed E-state index contributed by atoms with van der Waals surface area (Å²) in [5.41, 5.74) is 0. The molecule has 0 spiro atoms. The van der Waals surface area contributed by atoms with Gasteiger partial charge in [0.2, 0.25) is 0 Å². The van der Waals surface area contributed by atoms with E-state index >= 15 is 0 Å². The Hall–Kier alpha value is 0.771. The first-order valence-electron chi connectivity index (χ1n) is 4.56. The minimum absolute atomic E-state index is 0.383. The summed E-state index contributed by atoms with van der Waals surface area (Å²) in [4.78, 5) is 0. The van der Waals surface area contributed by atoms with Crippen molar-refractivity contribution in [2.75, 3.05) is 6.61 Å². The van der Waals surface area contributed by atoms with Gasteiger partial charge in [0, 0.05) is 0 Å². The van der Waals surface area contributed by atoms with E-state index in [4.69, 9.17) is 6.33 Å². The van der Waals surface area contributed by atoms with Gasteiger partial charge in [-0.3, -0.25) is 0 Å². The van der Waals surface area contributed by atoms with Gasteiger partial charge in [-0.1, -0.05) is 0 Å². The van der Waals surface area contributed by atoms with Crippen LogP contribution in [0.15, 0.2) is 0 Å². The molecule has 2 N–H and O–H groups in total. The van der Waals surface area contributed by atoms with E-state index in [1.54, 1.807) is 0 Å². The second-order valence-corrected chi connectivity index (χ2v) is 11.5. The molecule has 0 aliphatic rings. The molecule has 6 heteroatoms. The van der Waals surface area contributed by atoms with E-state index in [-0.39, 0.29) is 0 Å². The molecule has 4 nitrogen and oxygen atoms in total. The molecule has 0 heterocycles. The van der Waals surface area contributed by atoms with Gasteiger partial charge in [-0.25, -0.2) is 0 Å². The van der Waals surface area contributed by atoms with Crippen LogP contribution in [0.5, 0.6) is 0 Å². The third-order valence-corrected chi connectivity index (χ3v) is 7.13. The Morgan fingerprint density at radius 2 is 1.77 bits per heavy atom. The SMILES string of the molecule is CCCC[O][Ti]([OH])([OH])[O][Si](C)(C)C. The predicted octanol–water partition coefficient (Wildman–Crippen LogP) is 1.45. The molecule has 0 saturated carbocycles. The number of rotatable bonds is 6. The molecule has 0 rings (SSSR count). The first-order chi connectivity index (χ1) is 5.77.